The summed E-state index contributed by atoms with van der Waals surface area (Å²) < 4.78 is 16.3. The zero-order chi connectivity index (χ0) is 22.7. The first-order valence-electron chi connectivity index (χ1n) is 10.5. The van der Waals surface area contributed by atoms with Crippen LogP contribution >= 0.6 is 0 Å². The van der Waals surface area contributed by atoms with Crippen LogP contribution in [-0.4, -0.2) is 61.7 Å². The Morgan fingerprint density at radius 1 is 1.19 bits per heavy atom. The van der Waals surface area contributed by atoms with Crippen molar-refractivity contribution in [2.45, 2.75) is 18.9 Å². The summed E-state index contributed by atoms with van der Waals surface area (Å²) in [6.45, 7) is 0.956. The molecule has 0 saturated carbocycles. The normalized spacial score (nSPS) is 16.2. The number of fused-ring (bicyclic) bond motifs is 1. The van der Waals surface area contributed by atoms with Crippen LogP contribution in [0.15, 0.2) is 42.5 Å². The lowest BCUT2D eigenvalue weighted by Gasteiger charge is -2.31. The molecule has 2 aromatic carbocycles. The number of aromatic amines is 1. The summed E-state index contributed by atoms with van der Waals surface area (Å²) in [6.07, 6.45) is 0.0880. The second kappa shape index (κ2) is 9.32. The van der Waals surface area contributed by atoms with Crippen molar-refractivity contribution in [3.63, 3.8) is 0 Å². The number of H-pyrrole nitrogens is 1. The number of primary amides is 1. The van der Waals surface area contributed by atoms with Gasteiger partial charge < -0.3 is 29.8 Å². The number of nitrogens with one attached hydrogen (secondary N) is 1. The van der Waals surface area contributed by atoms with Crippen LogP contribution in [0, 0.1) is 0 Å². The Balaban J connectivity index is 1.63. The molecule has 3 aromatic rings. The molecule has 0 spiro atoms. The lowest BCUT2D eigenvalue weighted by molar-refractivity contribution is -0.145. The van der Waals surface area contributed by atoms with Crippen molar-refractivity contribution in [1.29, 1.82) is 0 Å². The summed E-state index contributed by atoms with van der Waals surface area (Å²) in [4.78, 5) is 29.5. The van der Waals surface area contributed by atoms with Gasteiger partial charge in [0.25, 0.3) is 0 Å². The second-order valence-electron chi connectivity index (χ2n) is 7.69. The molecule has 1 aliphatic heterocycles. The van der Waals surface area contributed by atoms with Crippen LogP contribution < -0.4 is 15.2 Å². The largest absolute Gasteiger partial charge is 0.497 e. The van der Waals surface area contributed by atoms with Crippen molar-refractivity contribution >= 4 is 22.7 Å². The number of hydrogen-bond acceptors (Lipinski definition) is 5. The van der Waals surface area contributed by atoms with E-state index >= 15 is 0 Å². The average Bonchev–Trinajstić information content (AvgIpc) is 3.20. The number of carbonyl (C=O) groups excluding carboxylic acids is 2. The van der Waals surface area contributed by atoms with E-state index in [1.807, 2.05) is 42.5 Å². The van der Waals surface area contributed by atoms with Crippen molar-refractivity contribution in [3.05, 3.63) is 48.0 Å². The van der Waals surface area contributed by atoms with Crippen LogP contribution in [0.4, 0.5) is 0 Å². The Morgan fingerprint density at radius 3 is 2.75 bits per heavy atom. The lowest BCUT2D eigenvalue weighted by Crippen LogP contribution is -2.50. The number of hydrogen-bond donors (Lipinski definition) is 2. The van der Waals surface area contributed by atoms with Gasteiger partial charge in [-0.1, -0.05) is 18.2 Å². The van der Waals surface area contributed by atoms with Crippen LogP contribution in [0.3, 0.4) is 0 Å². The monoisotopic (exact) mass is 437 g/mol. The van der Waals surface area contributed by atoms with E-state index in [1.54, 1.807) is 19.1 Å². The third-order valence-corrected chi connectivity index (χ3v) is 5.82. The minimum atomic E-state index is -0.750. The van der Waals surface area contributed by atoms with E-state index in [0.717, 1.165) is 27.7 Å². The molecule has 1 saturated heterocycles. The van der Waals surface area contributed by atoms with Gasteiger partial charge in [-0.15, -0.1) is 0 Å². The summed E-state index contributed by atoms with van der Waals surface area (Å²) in [7, 11) is 3.24. The highest BCUT2D eigenvalue weighted by molar-refractivity contribution is 5.92. The highest BCUT2D eigenvalue weighted by Gasteiger charge is 2.28. The van der Waals surface area contributed by atoms with Gasteiger partial charge in [-0.05, 0) is 30.2 Å². The lowest BCUT2D eigenvalue weighted by atomic mass is 10.00. The second-order valence-corrected chi connectivity index (χ2v) is 7.69. The van der Waals surface area contributed by atoms with Gasteiger partial charge in [0, 0.05) is 35.5 Å². The van der Waals surface area contributed by atoms with Crippen LogP contribution in [0.1, 0.15) is 12.0 Å². The third-order valence-electron chi connectivity index (χ3n) is 5.82. The van der Waals surface area contributed by atoms with Crippen molar-refractivity contribution < 1.29 is 23.8 Å². The molecule has 3 N–H and O–H groups in total. The maximum atomic E-state index is 12.9. The van der Waals surface area contributed by atoms with Gasteiger partial charge in [-0.2, -0.15) is 0 Å². The number of aromatic nitrogens is 1. The average molecular weight is 437 g/mol. The number of aryl methyl sites for hydroxylation is 1. The molecule has 0 aliphatic carbocycles. The predicted octanol–water partition coefficient (Wildman–Crippen LogP) is 2.50. The third kappa shape index (κ3) is 4.27. The zero-order valence-corrected chi connectivity index (χ0v) is 18.2. The molecule has 8 heteroatoms. The predicted molar refractivity (Wildman–Crippen MR) is 121 cm³/mol. The molecule has 1 atom stereocenters. The minimum absolute atomic E-state index is 0.0301. The molecule has 2 heterocycles. The van der Waals surface area contributed by atoms with E-state index in [0.29, 0.717) is 37.5 Å². The first-order chi connectivity index (χ1) is 15.5. The van der Waals surface area contributed by atoms with E-state index in [2.05, 4.69) is 4.98 Å². The van der Waals surface area contributed by atoms with E-state index in [9.17, 15) is 9.59 Å². The SMILES string of the molecule is COc1ccc(-c2[nH]c3ccccc3c2CCC(=O)N2CCOC(C(N)=O)C2)c(OC)c1. The molecule has 4 rings (SSSR count). The van der Waals surface area contributed by atoms with E-state index in [1.165, 1.54) is 0 Å². The van der Waals surface area contributed by atoms with Crippen molar-refractivity contribution in [2.75, 3.05) is 33.9 Å². The fourth-order valence-corrected chi connectivity index (χ4v) is 4.13. The van der Waals surface area contributed by atoms with Crippen LogP contribution in [0.5, 0.6) is 11.5 Å². The van der Waals surface area contributed by atoms with Gasteiger partial charge in [0.2, 0.25) is 11.8 Å². The van der Waals surface area contributed by atoms with Gasteiger partial charge in [-0.3, -0.25) is 9.59 Å². The van der Waals surface area contributed by atoms with E-state index < -0.39 is 12.0 Å². The highest BCUT2D eigenvalue weighted by Crippen LogP contribution is 2.38. The number of ether oxygens (including phenoxy) is 3. The van der Waals surface area contributed by atoms with E-state index in [-0.39, 0.29) is 12.5 Å². The number of morpholine rings is 1. The Bertz CT molecular complexity index is 1140. The Morgan fingerprint density at radius 2 is 2.00 bits per heavy atom. The molecular formula is C24H27N3O5. The van der Waals surface area contributed by atoms with Gasteiger partial charge in [-0.25, -0.2) is 0 Å². The van der Waals surface area contributed by atoms with Gasteiger partial charge in [0.1, 0.15) is 11.5 Å². The number of amides is 2. The molecular weight excluding hydrogens is 410 g/mol. The van der Waals surface area contributed by atoms with Crippen molar-refractivity contribution in [3.8, 4) is 22.8 Å². The van der Waals surface area contributed by atoms with Gasteiger partial charge in [0.15, 0.2) is 6.10 Å². The number of nitrogens with zero attached hydrogens (tertiary/aromatic N) is 1. The topological polar surface area (TPSA) is 107 Å². The van der Waals surface area contributed by atoms with Crippen LogP contribution in [0.2, 0.25) is 0 Å². The number of carbonyl (C=O) groups is 2. The Kier molecular flexibility index (Phi) is 6.32. The minimum Gasteiger partial charge on any atom is -0.497 e. The molecule has 32 heavy (non-hydrogen) atoms. The zero-order valence-electron chi connectivity index (χ0n) is 18.2. The quantitative estimate of drug-likeness (QED) is 0.591. The van der Waals surface area contributed by atoms with E-state index in [4.69, 9.17) is 19.9 Å². The molecule has 1 aliphatic rings. The van der Waals surface area contributed by atoms with Gasteiger partial charge in [0.05, 0.1) is 33.1 Å². The number of para-hydroxylation sites is 1. The molecule has 2 amide bonds. The fourth-order valence-electron chi connectivity index (χ4n) is 4.13. The summed E-state index contributed by atoms with van der Waals surface area (Å²) >= 11 is 0. The number of benzene rings is 2. The molecule has 0 radical (unpaired) electrons. The number of nitrogens with two attached hydrogens (primary N) is 1. The van der Waals surface area contributed by atoms with Crippen molar-refractivity contribution in [2.24, 2.45) is 5.73 Å². The summed E-state index contributed by atoms with van der Waals surface area (Å²) in [5.74, 6) is 0.807. The summed E-state index contributed by atoms with van der Waals surface area (Å²) in [5.41, 5.74) is 9.18. The van der Waals surface area contributed by atoms with Crippen LogP contribution in [-0.2, 0) is 20.7 Å². The molecule has 168 valence electrons. The molecule has 8 nitrogen and oxygen atoms in total. The fraction of sp³-hybridized carbons (Fsp3) is 0.333. The Hall–Kier alpha value is -3.52. The molecule has 0 bridgehead atoms. The van der Waals surface area contributed by atoms with Crippen LogP contribution in [0.25, 0.3) is 22.2 Å². The first-order valence-corrected chi connectivity index (χ1v) is 10.5. The summed E-state index contributed by atoms with van der Waals surface area (Å²) in [6, 6.07) is 13.7. The molecule has 1 unspecified atom stereocenters. The van der Waals surface area contributed by atoms with Crippen molar-refractivity contribution in [1.82, 2.24) is 9.88 Å². The smallest absolute Gasteiger partial charge is 0.248 e. The number of rotatable bonds is 7. The standard InChI is InChI=1S/C24H27N3O5/c1-30-15-7-8-18(20(13-15)31-2)23-17(16-5-3-4-6-19(16)26-23)9-10-22(28)27-11-12-32-21(14-27)24(25)29/h3-8,13,21,26H,9-12,14H2,1-2H3,(H2,25,29). The first kappa shape index (κ1) is 21.7. The summed E-state index contributed by atoms with van der Waals surface area (Å²) in [5, 5.41) is 1.06. The number of methoxy groups -OCH3 is 2. The molecule has 1 fully saturated rings. The maximum absolute atomic E-state index is 12.9. The molecule has 1 aromatic heterocycles. The maximum Gasteiger partial charge on any atom is 0.248 e. The Labute approximate surface area is 186 Å². The highest BCUT2D eigenvalue weighted by atomic mass is 16.5. The van der Waals surface area contributed by atoms with Gasteiger partial charge >= 0.3 is 0 Å².